The minimum atomic E-state index is -0.936. The van der Waals surface area contributed by atoms with Crippen LogP contribution in [0.25, 0.3) is 18.8 Å². The van der Waals surface area contributed by atoms with Crippen LogP contribution in [0, 0.1) is 23.7 Å². The Morgan fingerprint density at radius 1 is 0.733 bits per heavy atom. The van der Waals surface area contributed by atoms with Crippen molar-refractivity contribution in [3.8, 4) is 35.2 Å². The Hall–Kier alpha value is -4.35. The van der Waals surface area contributed by atoms with Crippen molar-refractivity contribution in [2.75, 3.05) is 26.4 Å². The summed E-state index contributed by atoms with van der Waals surface area (Å²) in [4.78, 5) is 13.1. The summed E-state index contributed by atoms with van der Waals surface area (Å²) in [6.07, 6.45) is 2.83. The monoisotopic (exact) mass is 654 g/mol. The molecule has 9 heteroatoms. The highest BCUT2D eigenvalue weighted by Gasteiger charge is 2.12. The Labute approximate surface area is 274 Å². The molecule has 0 spiro atoms. The summed E-state index contributed by atoms with van der Waals surface area (Å²) in [6, 6.07) is 19.7. The van der Waals surface area contributed by atoms with Crippen LogP contribution in [-0.4, -0.2) is 43.8 Å². The summed E-state index contributed by atoms with van der Waals surface area (Å²) in [6.45, 7) is 8.48. The number of carbonyl (C=O) groups excluding carboxylic acids is 1. The summed E-state index contributed by atoms with van der Waals surface area (Å²) >= 11 is 5.19. The first-order valence-corrected chi connectivity index (χ1v) is 16.6. The van der Waals surface area contributed by atoms with Crippen LogP contribution in [0.5, 0.6) is 11.5 Å². The van der Waals surface area contributed by atoms with Gasteiger partial charge in [-0.3, -0.25) is 0 Å². The Morgan fingerprint density at radius 2 is 1.24 bits per heavy atom. The van der Waals surface area contributed by atoms with E-state index in [0.717, 1.165) is 38.5 Å². The van der Waals surface area contributed by atoms with Crippen LogP contribution in [0.4, 0.5) is 0 Å². The molecule has 45 heavy (non-hydrogen) atoms. The summed E-state index contributed by atoms with van der Waals surface area (Å²) in [5, 5.41) is 9.31. The Balaban J connectivity index is 1.14. The van der Waals surface area contributed by atoms with E-state index >= 15 is 0 Å². The van der Waals surface area contributed by atoms with Gasteiger partial charge in [-0.25, -0.2) is 4.79 Å². The van der Waals surface area contributed by atoms with E-state index in [4.69, 9.17) is 18.9 Å². The van der Waals surface area contributed by atoms with E-state index in [2.05, 4.69) is 49.0 Å². The average Bonchev–Trinajstić information content (AvgIpc) is 3.74. The fraction of sp³-hybridized carbons (Fsp3) is 0.194. The maximum Gasteiger partial charge on any atom is 0.330 e. The van der Waals surface area contributed by atoms with Gasteiger partial charge in [0.1, 0.15) is 11.5 Å². The largest absolute Gasteiger partial charge is 0.494 e. The van der Waals surface area contributed by atoms with Gasteiger partial charge in [-0.15, -0.1) is 34.0 Å². The molecule has 3 heterocycles. The maximum atomic E-state index is 11.1. The van der Waals surface area contributed by atoms with Crippen molar-refractivity contribution in [2.45, 2.75) is 19.1 Å². The summed E-state index contributed by atoms with van der Waals surface area (Å²) in [5.41, 5.74) is 1.83. The number of hydrogen-bond acceptors (Lipinski definition) is 9. The molecule has 0 saturated carbocycles. The molecule has 0 aliphatic carbocycles. The number of esters is 1. The summed E-state index contributed by atoms with van der Waals surface area (Å²) in [7, 11) is 0. The van der Waals surface area contributed by atoms with Crippen LogP contribution in [0.15, 0.2) is 86.0 Å². The topological polar surface area (TPSA) is 74.2 Å². The molecular weight excluding hydrogens is 625 g/mol. The van der Waals surface area contributed by atoms with Gasteiger partial charge in [-0.2, -0.15) is 0 Å². The molecule has 5 aromatic rings. The standard InChI is InChI=1S/C36H30O6S3/c1-3-33(37)41-21-5-19-39-27-13-7-25(8-14-27)11-17-29-23-31-35(43-29)36-32(45-31)24-30(44-36)18-12-26-9-15-28(16-10-26)40-20-6-22-42-34(38)4-2/h3-4,7-10,13-16,23-24,33,37H,1-2,5-6,19-22H2. The number of ether oxygens (including phenoxy) is 4. The second kappa shape index (κ2) is 16.1. The zero-order valence-corrected chi connectivity index (χ0v) is 26.8. The van der Waals surface area contributed by atoms with Crippen molar-refractivity contribution in [3.63, 3.8) is 0 Å². The van der Waals surface area contributed by atoms with Gasteiger partial charge < -0.3 is 24.1 Å². The molecule has 0 aliphatic heterocycles. The lowest BCUT2D eigenvalue weighted by molar-refractivity contribution is -0.137. The van der Waals surface area contributed by atoms with Crippen LogP contribution < -0.4 is 9.47 Å². The third-order valence-corrected chi connectivity index (χ3v) is 9.81. The van der Waals surface area contributed by atoms with E-state index in [0.29, 0.717) is 39.3 Å². The summed E-state index contributed by atoms with van der Waals surface area (Å²) < 4.78 is 26.5. The quantitative estimate of drug-likeness (QED) is 0.0349. The zero-order valence-electron chi connectivity index (χ0n) is 24.4. The first-order valence-electron chi connectivity index (χ1n) is 14.2. The molecule has 0 amide bonds. The maximum absolute atomic E-state index is 11.1. The lowest BCUT2D eigenvalue weighted by Crippen LogP contribution is -2.11. The third kappa shape index (κ3) is 9.32. The van der Waals surface area contributed by atoms with E-state index in [1.807, 2.05) is 48.5 Å². The molecule has 1 N–H and O–H groups in total. The number of benzene rings is 2. The van der Waals surface area contributed by atoms with E-state index in [-0.39, 0.29) is 0 Å². The predicted octanol–water partition coefficient (Wildman–Crippen LogP) is 7.77. The first kappa shape index (κ1) is 32.1. The molecule has 6 nitrogen and oxygen atoms in total. The molecule has 228 valence electrons. The predicted molar refractivity (Wildman–Crippen MR) is 183 cm³/mol. The Morgan fingerprint density at radius 3 is 1.73 bits per heavy atom. The number of thiophene rings is 3. The van der Waals surface area contributed by atoms with E-state index < -0.39 is 12.3 Å². The molecule has 3 aromatic heterocycles. The van der Waals surface area contributed by atoms with E-state index in [1.54, 1.807) is 34.0 Å². The molecule has 5 rings (SSSR count). The number of fused-ring (bicyclic) bond motifs is 3. The normalized spacial score (nSPS) is 11.2. The molecule has 0 radical (unpaired) electrons. The van der Waals surface area contributed by atoms with Crippen LogP contribution in [0.3, 0.4) is 0 Å². The summed E-state index contributed by atoms with van der Waals surface area (Å²) in [5.74, 6) is 14.2. The van der Waals surface area contributed by atoms with Crippen LogP contribution in [-0.2, 0) is 14.3 Å². The highest BCUT2D eigenvalue weighted by Crippen LogP contribution is 2.43. The third-order valence-electron chi connectivity index (χ3n) is 6.21. The van der Waals surface area contributed by atoms with Gasteiger partial charge in [0.05, 0.1) is 45.6 Å². The minimum Gasteiger partial charge on any atom is -0.494 e. The fourth-order valence-electron chi connectivity index (χ4n) is 4.00. The van der Waals surface area contributed by atoms with Crippen molar-refractivity contribution in [1.29, 1.82) is 0 Å². The zero-order chi connectivity index (χ0) is 31.4. The molecule has 0 fully saturated rings. The molecule has 0 saturated heterocycles. The molecular formula is C36H30O6S3. The smallest absolute Gasteiger partial charge is 0.330 e. The Kier molecular flexibility index (Phi) is 11.5. The van der Waals surface area contributed by atoms with Gasteiger partial charge in [0.25, 0.3) is 0 Å². The lowest BCUT2D eigenvalue weighted by atomic mass is 10.2. The number of aliphatic hydroxyl groups is 1. The highest BCUT2D eigenvalue weighted by molar-refractivity contribution is 7.38. The van der Waals surface area contributed by atoms with Crippen LogP contribution in [0.1, 0.15) is 33.7 Å². The molecule has 1 unspecified atom stereocenters. The van der Waals surface area contributed by atoms with Crippen LogP contribution in [0.2, 0.25) is 0 Å². The van der Waals surface area contributed by atoms with Crippen molar-refractivity contribution < 1.29 is 28.8 Å². The second-order valence-electron chi connectivity index (χ2n) is 9.53. The molecule has 1 atom stereocenters. The lowest BCUT2D eigenvalue weighted by Gasteiger charge is -2.08. The molecule has 2 aromatic carbocycles. The Bertz CT molecular complexity index is 1890. The van der Waals surface area contributed by atoms with Gasteiger partial charge in [-0.05, 0) is 66.7 Å². The van der Waals surface area contributed by atoms with Gasteiger partial charge in [0, 0.05) is 39.4 Å². The van der Waals surface area contributed by atoms with Crippen molar-refractivity contribution in [1.82, 2.24) is 0 Å². The fourth-order valence-corrected chi connectivity index (χ4v) is 7.73. The van der Waals surface area contributed by atoms with Crippen molar-refractivity contribution >= 4 is 58.8 Å². The molecule has 0 aliphatic rings. The molecule has 0 bridgehead atoms. The van der Waals surface area contributed by atoms with Gasteiger partial charge in [0.2, 0.25) is 0 Å². The van der Waals surface area contributed by atoms with E-state index in [1.165, 1.54) is 24.9 Å². The number of rotatable bonds is 13. The second-order valence-corrected chi connectivity index (χ2v) is 12.7. The van der Waals surface area contributed by atoms with Gasteiger partial charge in [-0.1, -0.05) is 36.8 Å². The van der Waals surface area contributed by atoms with Gasteiger partial charge >= 0.3 is 5.97 Å². The van der Waals surface area contributed by atoms with Crippen molar-refractivity contribution in [2.24, 2.45) is 0 Å². The van der Waals surface area contributed by atoms with Crippen molar-refractivity contribution in [3.05, 3.63) is 107 Å². The highest BCUT2D eigenvalue weighted by atomic mass is 32.1. The van der Waals surface area contributed by atoms with E-state index in [9.17, 15) is 9.90 Å². The minimum absolute atomic E-state index is 0.299. The van der Waals surface area contributed by atoms with Crippen LogP contribution >= 0.6 is 34.0 Å². The van der Waals surface area contributed by atoms with Gasteiger partial charge in [0.15, 0.2) is 6.29 Å². The number of carbonyl (C=O) groups is 1. The first-order chi connectivity index (χ1) is 22.0. The average molecular weight is 655 g/mol. The number of aliphatic hydroxyl groups excluding tert-OH is 1. The number of hydrogen-bond donors (Lipinski definition) is 1. The SMILES string of the molecule is C=CC(=O)OCCCOc1ccc(C#Cc2cc3sc4cc(C#Cc5ccc(OCCCOC(O)C=C)cc5)sc4c3s2)cc1.